The van der Waals surface area contributed by atoms with E-state index in [2.05, 4.69) is 92.4 Å². The zero-order chi connectivity index (χ0) is 16.3. The Morgan fingerprint density at radius 1 is 0.652 bits per heavy atom. The maximum Gasteiger partial charge on any atom is 0.0688 e. The molecule has 0 aliphatic rings. The molecule has 0 spiro atoms. The molecule has 0 amide bonds. The van der Waals surface area contributed by atoms with Crippen LogP contribution >= 0.6 is 0 Å². The number of pyridine rings is 1. The lowest BCUT2D eigenvalue weighted by Gasteiger charge is -2.44. The summed E-state index contributed by atoms with van der Waals surface area (Å²) in [5.41, 5.74) is 3.82. The first-order chi connectivity index (χ1) is 11.1. The van der Waals surface area contributed by atoms with E-state index in [0.717, 1.165) is 5.69 Å². The van der Waals surface area contributed by atoms with Gasteiger partial charge in [-0.05, 0) is 23.3 Å². The molecule has 1 heterocycles. The summed E-state index contributed by atoms with van der Waals surface area (Å²) in [6, 6.07) is 28.0. The molecular weight excluding hydrogens is 294 g/mol. The molecule has 3 rings (SSSR count). The highest BCUT2D eigenvalue weighted by Crippen LogP contribution is 2.45. The van der Waals surface area contributed by atoms with E-state index in [1.54, 1.807) is 0 Å². The molecule has 1 nitrogen and oxygen atoms in total. The van der Waals surface area contributed by atoms with Crippen LogP contribution in [0, 0.1) is 0 Å². The Hall–Kier alpha value is -2.19. The second-order valence-electron chi connectivity index (χ2n) is 6.95. The van der Waals surface area contributed by atoms with Crippen LogP contribution < -0.4 is 0 Å². The third-order valence-electron chi connectivity index (χ3n) is 4.59. The smallest absolute Gasteiger partial charge is 0.0688 e. The molecule has 3 aromatic rings. The Balaban J connectivity index is 2.41. The van der Waals surface area contributed by atoms with Crippen molar-refractivity contribution >= 4 is 8.07 Å². The van der Waals surface area contributed by atoms with Crippen molar-refractivity contribution in [2.45, 2.75) is 24.7 Å². The monoisotopic (exact) mass is 317 g/mol. The molecule has 2 heteroatoms. The van der Waals surface area contributed by atoms with E-state index in [4.69, 9.17) is 4.98 Å². The lowest BCUT2D eigenvalue weighted by Crippen LogP contribution is -2.51. The van der Waals surface area contributed by atoms with Crippen molar-refractivity contribution in [3.05, 3.63) is 102 Å². The summed E-state index contributed by atoms with van der Waals surface area (Å²) in [6.45, 7) is 7.30. The summed E-state index contributed by atoms with van der Waals surface area (Å²) in [4.78, 5) is 4.81. The zero-order valence-electron chi connectivity index (χ0n) is 14.0. The van der Waals surface area contributed by atoms with Crippen LogP contribution in [-0.2, 0) is 5.04 Å². The van der Waals surface area contributed by atoms with Crippen LogP contribution in [0.4, 0.5) is 0 Å². The first-order valence-corrected chi connectivity index (χ1v) is 11.6. The van der Waals surface area contributed by atoms with Crippen LogP contribution in [-0.4, -0.2) is 13.1 Å². The van der Waals surface area contributed by atoms with Crippen molar-refractivity contribution in [3.8, 4) is 0 Å². The normalized spacial score (nSPS) is 12.1. The van der Waals surface area contributed by atoms with E-state index in [0.29, 0.717) is 0 Å². The van der Waals surface area contributed by atoms with Gasteiger partial charge in [-0.2, -0.15) is 0 Å². The highest BCUT2D eigenvalue weighted by atomic mass is 28.3. The Morgan fingerprint density at radius 2 is 1.13 bits per heavy atom. The largest absolute Gasteiger partial charge is 0.260 e. The Morgan fingerprint density at radius 3 is 1.52 bits per heavy atom. The van der Waals surface area contributed by atoms with Gasteiger partial charge in [0.2, 0.25) is 0 Å². The Labute approximate surface area is 140 Å². The topological polar surface area (TPSA) is 12.9 Å². The lowest BCUT2D eigenvalue weighted by atomic mass is 9.86. The van der Waals surface area contributed by atoms with Gasteiger partial charge in [-0.15, -0.1) is 0 Å². The highest BCUT2D eigenvalue weighted by Gasteiger charge is 2.48. The van der Waals surface area contributed by atoms with Crippen molar-refractivity contribution in [1.82, 2.24) is 4.98 Å². The molecule has 0 radical (unpaired) electrons. The molecule has 0 N–H and O–H groups in total. The van der Waals surface area contributed by atoms with Gasteiger partial charge in [0.1, 0.15) is 0 Å². The predicted octanol–water partition coefficient (Wildman–Crippen LogP) is 5.29. The quantitative estimate of drug-likeness (QED) is 0.596. The minimum atomic E-state index is -1.72. The maximum absolute atomic E-state index is 4.81. The molecule has 23 heavy (non-hydrogen) atoms. The number of hydrogen-bond donors (Lipinski definition) is 0. The van der Waals surface area contributed by atoms with Crippen LogP contribution in [0.1, 0.15) is 16.8 Å². The summed E-state index contributed by atoms with van der Waals surface area (Å²) in [5.74, 6) is 0. The Kier molecular flexibility index (Phi) is 4.18. The average molecular weight is 318 g/mol. The van der Waals surface area contributed by atoms with Gasteiger partial charge in [0.05, 0.1) is 18.8 Å². The first-order valence-electron chi connectivity index (χ1n) is 8.09. The first kappa shape index (κ1) is 15.7. The van der Waals surface area contributed by atoms with E-state index in [-0.39, 0.29) is 5.04 Å². The summed E-state index contributed by atoms with van der Waals surface area (Å²) < 4.78 is 0. The van der Waals surface area contributed by atoms with Crippen molar-refractivity contribution < 1.29 is 0 Å². The molecule has 0 saturated carbocycles. The molecule has 0 saturated heterocycles. The fourth-order valence-corrected chi connectivity index (χ4v) is 6.66. The van der Waals surface area contributed by atoms with Gasteiger partial charge in [-0.25, -0.2) is 0 Å². The van der Waals surface area contributed by atoms with Gasteiger partial charge in [0, 0.05) is 6.20 Å². The lowest BCUT2D eigenvalue weighted by molar-refractivity contribution is 0.790. The molecule has 0 fully saturated rings. The van der Waals surface area contributed by atoms with Crippen LogP contribution in [0.3, 0.4) is 0 Å². The summed E-state index contributed by atoms with van der Waals surface area (Å²) >= 11 is 0. The van der Waals surface area contributed by atoms with Gasteiger partial charge >= 0.3 is 0 Å². The molecule has 1 aromatic heterocycles. The van der Waals surface area contributed by atoms with Gasteiger partial charge in [-0.1, -0.05) is 86.4 Å². The van der Waals surface area contributed by atoms with Crippen molar-refractivity contribution in [3.63, 3.8) is 0 Å². The fourth-order valence-electron chi connectivity index (χ4n) is 3.67. The van der Waals surface area contributed by atoms with Crippen LogP contribution in [0.15, 0.2) is 85.1 Å². The molecule has 0 atom stereocenters. The van der Waals surface area contributed by atoms with Gasteiger partial charge in [-0.3, -0.25) is 4.98 Å². The molecule has 0 aliphatic carbocycles. The molecule has 2 aromatic carbocycles. The molecular formula is C21H23NSi. The van der Waals surface area contributed by atoms with Gasteiger partial charge < -0.3 is 0 Å². The molecule has 0 aliphatic heterocycles. The third kappa shape index (κ3) is 2.64. The van der Waals surface area contributed by atoms with Crippen molar-refractivity contribution in [1.29, 1.82) is 0 Å². The number of nitrogens with zero attached hydrogens (tertiary/aromatic N) is 1. The minimum Gasteiger partial charge on any atom is -0.260 e. The van der Waals surface area contributed by atoms with Gasteiger partial charge in [0.15, 0.2) is 0 Å². The fraction of sp³-hybridized carbons (Fsp3) is 0.190. The van der Waals surface area contributed by atoms with Crippen molar-refractivity contribution in [2.24, 2.45) is 0 Å². The standard InChI is InChI=1S/C21H23NSi/c1-23(2,3)21(18-12-6-4-7-13-18,19-14-8-5-9-15-19)20-16-10-11-17-22-20/h4-17H,1-3H3. The van der Waals surface area contributed by atoms with Gasteiger partial charge in [0.25, 0.3) is 0 Å². The second kappa shape index (κ2) is 6.13. The van der Waals surface area contributed by atoms with E-state index in [1.807, 2.05) is 12.3 Å². The second-order valence-corrected chi connectivity index (χ2v) is 12.2. The summed E-state index contributed by atoms with van der Waals surface area (Å²) in [5, 5.41) is -0.156. The zero-order valence-corrected chi connectivity index (χ0v) is 15.0. The predicted molar refractivity (Wildman–Crippen MR) is 100 cm³/mol. The number of rotatable bonds is 4. The van der Waals surface area contributed by atoms with Crippen LogP contribution in [0.5, 0.6) is 0 Å². The Bertz CT molecular complexity index is 649. The summed E-state index contributed by atoms with van der Waals surface area (Å²) in [7, 11) is -1.72. The summed E-state index contributed by atoms with van der Waals surface area (Å²) in [6.07, 6.45) is 1.91. The molecule has 0 unspecified atom stereocenters. The average Bonchev–Trinajstić information content (AvgIpc) is 2.57. The van der Waals surface area contributed by atoms with Crippen LogP contribution in [0.2, 0.25) is 19.6 Å². The van der Waals surface area contributed by atoms with E-state index < -0.39 is 8.07 Å². The third-order valence-corrected chi connectivity index (χ3v) is 7.67. The van der Waals surface area contributed by atoms with Crippen molar-refractivity contribution in [2.75, 3.05) is 0 Å². The number of hydrogen-bond acceptors (Lipinski definition) is 1. The molecule has 0 bridgehead atoms. The number of aromatic nitrogens is 1. The minimum absolute atomic E-state index is 0.156. The van der Waals surface area contributed by atoms with Crippen LogP contribution in [0.25, 0.3) is 0 Å². The van der Waals surface area contributed by atoms with E-state index in [1.165, 1.54) is 11.1 Å². The van der Waals surface area contributed by atoms with E-state index in [9.17, 15) is 0 Å². The maximum atomic E-state index is 4.81. The SMILES string of the molecule is C[Si](C)(C)C(c1ccccc1)(c1ccccc1)c1ccccn1. The molecule has 116 valence electrons. The number of benzene rings is 2. The highest BCUT2D eigenvalue weighted by molar-refractivity contribution is 6.80. The van der Waals surface area contributed by atoms with E-state index >= 15 is 0 Å².